The number of benzene rings is 2. The Morgan fingerprint density at radius 1 is 1.07 bits per heavy atom. The lowest BCUT2D eigenvalue weighted by molar-refractivity contribution is -0.140. The van der Waals surface area contributed by atoms with Crippen LogP contribution >= 0.6 is 11.6 Å². The van der Waals surface area contributed by atoms with Crippen LogP contribution in [-0.2, 0) is 9.59 Å². The first-order chi connectivity index (χ1) is 13.9. The number of methoxy groups -OCH3 is 2. The summed E-state index contributed by atoms with van der Waals surface area (Å²) in [5.41, 5.74) is 0.811. The SMILES string of the molecule is COc1ccc(/C(O)=C2\C(=O)C(=O)N(CCO)C2c2ccc(Cl)cc2)cc1OC. The average molecular weight is 418 g/mol. The number of carbonyl (C=O) groups is 2. The smallest absolute Gasteiger partial charge is 0.295 e. The van der Waals surface area contributed by atoms with E-state index < -0.39 is 17.7 Å². The summed E-state index contributed by atoms with van der Waals surface area (Å²) in [6, 6.07) is 10.4. The van der Waals surface area contributed by atoms with E-state index in [2.05, 4.69) is 0 Å². The van der Waals surface area contributed by atoms with E-state index in [1.807, 2.05) is 0 Å². The topological polar surface area (TPSA) is 96.3 Å². The molecule has 0 bridgehead atoms. The number of amides is 1. The molecular formula is C21H20ClNO6. The zero-order valence-electron chi connectivity index (χ0n) is 15.9. The third-order valence-corrected chi connectivity index (χ3v) is 4.98. The normalized spacial score (nSPS) is 18.2. The number of nitrogens with zero attached hydrogens (tertiary/aromatic N) is 1. The third kappa shape index (κ3) is 3.79. The van der Waals surface area contributed by atoms with Crippen molar-refractivity contribution in [2.45, 2.75) is 6.04 Å². The fourth-order valence-corrected chi connectivity index (χ4v) is 3.48. The second kappa shape index (κ2) is 8.55. The highest BCUT2D eigenvalue weighted by atomic mass is 35.5. The van der Waals surface area contributed by atoms with Gasteiger partial charge in [0.15, 0.2) is 11.5 Å². The number of aliphatic hydroxyl groups is 2. The minimum absolute atomic E-state index is 0.0550. The number of hydrogen-bond acceptors (Lipinski definition) is 6. The second-order valence-electron chi connectivity index (χ2n) is 6.34. The summed E-state index contributed by atoms with van der Waals surface area (Å²) in [5, 5.41) is 20.8. The van der Waals surface area contributed by atoms with E-state index in [0.29, 0.717) is 27.6 Å². The minimum Gasteiger partial charge on any atom is -0.507 e. The maximum Gasteiger partial charge on any atom is 0.295 e. The second-order valence-corrected chi connectivity index (χ2v) is 6.77. The summed E-state index contributed by atoms with van der Waals surface area (Å²) in [6.07, 6.45) is 0. The Morgan fingerprint density at radius 3 is 2.31 bits per heavy atom. The van der Waals surface area contributed by atoms with Crippen molar-refractivity contribution in [2.75, 3.05) is 27.4 Å². The number of ether oxygens (including phenoxy) is 2. The van der Waals surface area contributed by atoms with Gasteiger partial charge in [0.25, 0.3) is 11.7 Å². The molecule has 1 aliphatic heterocycles. The monoisotopic (exact) mass is 417 g/mol. The van der Waals surface area contributed by atoms with Crippen molar-refractivity contribution in [3.8, 4) is 11.5 Å². The summed E-state index contributed by atoms with van der Waals surface area (Å²) < 4.78 is 10.4. The zero-order valence-corrected chi connectivity index (χ0v) is 16.6. The molecule has 0 saturated carbocycles. The number of hydrogen-bond donors (Lipinski definition) is 2. The van der Waals surface area contributed by atoms with E-state index in [0.717, 1.165) is 0 Å². The maximum atomic E-state index is 12.8. The highest BCUT2D eigenvalue weighted by Crippen LogP contribution is 2.40. The molecule has 7 nitrogen and oxygen atoms in total. The number of Topliss-reactive ketones (excluding diaryl/α,β-unsaturated/α-hetero) is 1. The molecule has 2 aromatic carbocycles. The quantitative estimate of drug-likeness (QED) is 0.426. The Bertz CT molecular complexity index is 970. The molecule has 29 heavy (non-hydrogen) atoms. The first-order valence-electron chi connectivity index (χ1n) is 8.80. The Balaban J connectivity index is 2.18. The van der Waals surface area contributed by atoms with Crippen LogP contribution in [0.5, 0.6) is 11.5 Å². The van der Waals surface area contributed by atoms with Gasteiger partial charge in [0.1, 0.15) is 5.76 Å². The molecule has 3 rings (SSSR count). The molecule has 8 heteroatoms. The fourth-order valence-electron chi connectivity index (χ4n) is 3.35. The molecular weight excluding hydrogens is 398 g/mol. The standard InChI is InChI=1S/C21H20ClNO6/c1-28-15-8-5-13(11-16(15)29-2)19(25)17-18(12-3-6-14(22)7-4-12)23(9-10-24)21(27)20(17)26/h3-8,11,18,24-25H,9-10H2,1-2H3/b19-17+. The third-order valence-electron chi connectivity index (χ3n) is 4.72. The van der Waals surface area contributed by atoms with E-state index in [9.17, 15) is 19.8 Å². The summed E-state index contributed by atoms with van der Waals surface area (Å²) in [6.45, 7) is -0.381. The first kappa shape index (κ1) is 20.7. The van der Waals surface area contributed by atoms with Gasteiger partial charge in [-0.1, -0.05) is 23.7 Å². The van der Waals surface area contributed by atoms with Crippen LogP contribution in [0.25, 0.3) is 5.76 Å². The van der Waals surface area contributed by atoms with Crippen LogP contribution in [0.15, 0.2) is 48.0 Å². The first-order valence-corrected chi connectivity index (χ1v) is 9.17. The van der Waals surface area contributed by atoms with Crippen molar-refractivity contribution < 1.29 is 29.3 Å². The molecule has 0 spiro atoms. The van der Waals surface area contributed by atoms with Crippen LogP contribution in [0.2, 0.25) is 5.02 Å². The molecule has 1 atom stereocenters. The van der Waals surface area contributed by atoms with Crippen LogP contribution in [-0.4, -0.2) is 54.2 Å². The molecule has 1 fully saturated rings. The summed E-state index contributed by atoms with van der Waals surface area (Å²) in [5.74, 6) is -1.14. The van der Waals surface area contributed by atoms with Gasteiger partial charge in [-0.15, -0.1) is 0 Å². The summed E-state index contributed by atoms with van der Waals surface area (Å²) in [4.78, 5) is 26.6. The summed E-state index contributed by atoms with van der Waals surface area (Å²) in [7, 11) is 2.94. The number of rotatable bonds is 6. The fraction of sp³-hybridized carbons (Fsp3) is 0.238. The van der Waals surface area contributed by atoms with Gasteiger partial charge >= 0.3 is 0 Å². The zero-order chi connectivity index (χ0) is 21.1. The highest BCUT2D eigenvalue weighted by molar-refractivity contribution is 6.46. The van der Waals surface area contributed by atoms with Crippen molar-refractivity contribution >= 4 is 29.1 Å². The lowest BCUT2D eigenvalue weighted by Gasteiger charge is -2.24. The molecule has 152 valence electrons. The molecule has 2 N–H and O–H groups in total. The minimum atomic E-state index is -0.854. The molecule has 1 heterocycles. The van der Waals surface area contributed by atoms with Crippen molar-refractivity contribution in [1.29, 1.82) is 0 Å². The van der Waals surface area contributed by atoms with E-state index in [-0.39, 0.29) is 24.5 Å². The van der Waals surface area contributed by atoms with Crippen LogP contribution in [0.4, 0.5) is 0 Å². The largest absolute Gasteiger partial charge is 0.507 e. The molecule has 1 aliphatic rings. The van der Waals surface area contributed by atoms with E-state index >= 15 is 0 Å². The van der Waals surface area contributed by atoms with Gasteiger partial charge in [0, 0.05) is 17.1 Å². The van der Waals surface area contributed by atoms with Crippen molar-refractivity contribution in [2.24, 2.45) is 0 Å². The van der Waals surface area contributed by atoms with Gasteiger partial charge in [-0.05, 0) is 35.9 Å². The number of aliphatic hydroxyl groups excluding tert-OH is 2. The molecule has 2 aromatic rings. The lowest BCUT2D eigenvalue weighted by Crippen LogP contribution is -2.32. The van der Waals surface area contributed by atoms with Crippen LogP contribution in [0.3, 0.4) is 0 Å². The molecule has 0 radical (unpaired) electrons. The Morgan fingerprint density at radius 2 is 1.72 bits per heavy atom. The molecule has 0 aromatic heterocycles. The summed E-state index contributed by atoms with van der Waals surface area (Å²) >= 11 is 5.96. The van der Waals surface area contributed by atoms with E-state index in [4.69, 9.17) is 21.1 Å². The lowest BCUT2D eigenvalue weighted by atomic mass is 9.95. The highest BCUT2D eigenvalue weighted by Gasteiger charge is 2.45. The van der Waals surface area contributed by atoms with Crippen LogP contribution < -0.4 is 9.47 Å². The average Bonchev–Trinajstić information content (AvgIpc) is 2.98. The predicted octanol–water partition coefficient (Wildman–Crippen LogP) is 2.77. The number of likely N-dealkylation sites (tertiary alicyclic amines) is 1. The van der Waals surface area contributed by atoms with Crippen molar-refractivity contribution in [3.63, 3.8) is 0 Å². The van der Waals surface area contributed by atoms with Gasteiger partial charge < -0.3 is 24.6 Å². The number of halogens is 1. The molecule has 0 aliphatic carbocycles. The Hall–Kier alpha value is -3.03. The van der Waals surface area contributed by atoms with Gasteiger partial charge in [-0.2, -0.15) is 0 Å². The van der Waals surface area contributed by atoms with Crippen molar-refractivity contribution in [1.82, 2.24) is 4.90 Å². The molecule has 1 unspecified atom stereocenters. The number of ketones is 1. The number of carbonyl (C=O) groups excluding carboxylic acids is 2. The van der Waals surface area contributed by atoms with Gasteiger partial charge in [0.2, 0.25) is 0 Å². The van der Waals surface area contributed by atoms with Gasteiger partial charge in [-0.25, -0.2) is 0 Å². The maximum absolute atomic E-state index is 12.8. The van der Waals surface area contributed by atoms with Crippen molar-refractivity contribution in [3.05, 3.63) is 64.2 Å². The van der Waals surface area contributed by atoms with Crippen LogP contribution in [0.1, 0.15) is 17.2 Å². The Kier molecular flexibility index (Phi) is 6.10. The van der Waals surface area contributed by atoms with E-state index in [1.54, 1.807) is 36.4 Å². The van der Waals surface area contributed by atoms with E-state index in [1.165, 1.54) is 25.2 Å². The molecule has 1 saturated heterocycles. The number of β-amino-alcohol motifs (C(OH)–C–C–N with tert-alkyl or cyclic N) is 1. The van der Waals surface area contributed by atoms with Gasteiger partial charge in [-0.3, -0.25) is 9.59 Å². The Labute approximate surface area is 172 Å². The van der Waals surface area contributed by atoms with Gasteiger partial charge in [0.05, 0.1) is 32.4 Å². The van der Waals surface area contributed by atoms with Crippen LogP contribution in [0, 0.1) is 0 Å². The molecule has 1 amide bonds. The predicted molar refractivity (Wildman–Crippen MR) is 107 cm³/mol.